The molecule has 1 N–H and O–H groups in total. The lowest BCUT2D eigenvalue weighted by atomic mass is 9.70. The van der Waals surface area contributed by atoms with Gasteiger partial charge in [-0.1, -0.05) is 20.3 Å². The molecule has 3 unspecified atom stereocenters. The van der Waals surface area contributed by atoms with Crippen LogP contribution in [0.1, 0.15) is 44.4 Å². The maximum Gasteiger partial charge on any atom is 0.0314 e. The largest absolute Gasteiger partial charge is 0.316 e. The van der Waals surface area contributed by atoms with E-state index in [0.29, 0.717) is 5.41 Å². The standard InChI is InChI=1S/C17H26BrNS/c1-12(2)10-19-11-17(8-13-3-4-14(17)7-13)9-16-15(18)5-6-20-16/h5-6,12-14,19H,3-4,7-11H2,1-2H3. The zero-order valence-electron chi connectivity index (χ0n) is 12.6. The second-order valence-corrected chi connectivity index (χ2v) is 9.19. The van der Waals surface area contributed by atoms with Gasteiger partial charge in [-0.2, -0.15) is 0 Å². The first-order chi connectivity index (χ1) is 9.59. The molecule has 2 fully saturated rings. The average molecular weight is 356 g/mol. The van der Waals surface area contributed by atoms with Crippen LogP contribution >= 0.6 is 27.3 Å². The molecule has 0 aromatic carbocycles. The Kier molecular flexibility index (Phi) is 4.59. The molecule has 2 aliphatic carbocycles. The van der Waals surface area contributed by atoms with Gasteiger partial charge in [0.25, 0.3) is 0 Å². The lowest BCUT2D eigenvalue weighted by Gasteiger charge is -2.38. The van der Waals surface area contributed by atoms with Gasteiger partial charge in [-0.05, 0) is 82.8 Å². The molecule has 1 nitrogen and oxygen atoms in total. The second kappa shape index (κ2) is 6.10. The predicted octanol–water partition coefficient (Wildman–Crippen LogP) is 5.11. The summed E-state index contributed by atoms with van der Waals surface area (Å²) >= 11 is 5.66. The number of rotatable bonds is 6. The van der Waals surface area contributed by atoms with Gasteiger partial charge in [0.2, 0.25) is 0 Å². The Bertz CT molecular complexity index is 456. The third kappa shape index (κ3) is 3.00. The summed E-state index contributed by atoms with van der Waals surface area (Å²) in [4.78, 5) is 1.56. The number of fused-ring (bicyclic) bond motifs is 2. The van der Waals surface area contributed by atoms with Crippen molar-refractivity contribution in [3.8, 4) is 0 Å². The van der Waals surface area contributed by atoms with Gasteiger partial charge >= 0.3 is 0 Å². The van der Waals surface area contributed by atoms with Crippen molar-refractivity contribution in [2.45, 2.75) is 46.0 Å². The molecule has 0 saturated heterocycles. The maximum atomic E-state index is 3.77. The van der Waals surface area contributed by atoms with Gasteiger partial charge in [0.15, 0.2) is 0 Å². The number of halogens is 1. The Morgan fingerprint density at radius 2 is 2.30 bits per heavy atom. The molecule has 3 heteroatoms. The fraction of sp³-hybridized carbons (Fsp3) is 0.765. The van der Waals surface area contributed by atoms with Gasteiger partial charge in [0.1, 0.15) is 0 Å². The molecule has 0 radical (unpaired) electrons. The molecule has 2 saturated carbocycles. The van der Waals surface area contributed by atoms with Crippen LogP contribution in [0.4, 0.5) is 0 Å². The van der Waals surface area contributed by atoms with Crippen LogP contribution in [0, 0.1) is 23.2 Å². The summed E-state index contributed by atoms with van der Waals surface area (Å²) in [6.07, 6.45) is 7.18. The molecule has 3 atom stereocenters. The van der Waals surface area contributed by atoms with E-state index in [0.717, 1.165) is 24.3 Å². The Morgan fingerprint density at radius 3 is 2.85 bits per heavy atom. The molecule has 2 aliphatic rings. The van der Waals surface area contributed by atoms with Crippen molar-refractivity contribution >= 4 is 27.3 Å². The van der Waals surface area contributed by atoms with Crippen molar-refractivity contribution in [2.75, 3.05) is 13.1 Å². The predicted molar refractivity (Wildman–Crippen MR) is 91.3 cm³/mol. The first kappa shape index (κ1) is 15.1. The normalized spacial score (nSPS) is 32.4. The number of hydrogen-bond acceptors (Lipinski definition) is 2. The molecule has 0 amide bonds. The van der Waals surface area contributed by atoms with E-state index in [9.17, 15) is 0 Å². The summed E-state index contributed by atoms with van der Waals surface area (Å²) in [6, 6.07) is 2.21. The van der Waals surface area contributed by atoms with E-state index in [2.05, 4.69) is 46.5 Å². The molecule has 2 bridgehead atoms. The highest BCUT2D eigenvalue weighted by Crippen LogP contribution is 2.57. The summed E-state index contributed by atoms with van der Waals surface area (Å²) in [5, 5.41) is 6.00. The summed E-state index contributed by atoms with van der Waals surface area (Å²) < 4.78 is 1.33. The van der Waals surface area contributed by atoms with Gasteiger partial charge < -0.3 is 5.32 Å². The number of thiophene rings is 1. The summed E-state index contributed by atoms with van der Waals surface area (Å²) in [5.41, 5.74) is 0.533. The Balaban J connectivity index is 1.72. The highest BCUT2D eigenvalue weighted by Gasteiger charge is 2.50. The average Bonchev–Trinajstić information content (AvgIpc) is 3.06. The SMILES string of the molecule is CC(C)CNCC1(Cc2sccc2Br)CC2CCC1C2. The molecular weight excluding hydrogens is 330 g/mol. The Labute approximate surface area is 135 Å². The Hall–Kier alpha value is 0.140. The van der Waals surface area contributed by atoms with E-state index < -0.39 is 0 Å². The lowest BCUT2D eigenvalue weighted by molar-refractivity contribution is 0.156. The van der Waals surface area contributed by atoms with Crippen molar-refractivity contribution in [1.29, 1.82) is 0 Å². The molecule has 3 rings (SSSR count). The quantitative estimate of drug-likeness (QED) is 0.747. The van der Waals surface area contributed by atoms with Crippen molar-refractivity contribution < 1.29 is 0 Å². The fourth-order valence-electron chi connectivity index (χ4n) is 4.43. The van der Waals surface area contributed by atoms with Crippen molar-refractivity contribution in [3.05, 3.63) is 20.8 Å². The van der Waals surface area contributed by atoms with Gasteiger partial charge in [0, 0.05) is 15.9 Å². The van der Waals surface area contributed by atoms with Crippen LogP contribution in [0.15, 0.2) is 15.9 Å². The van der Waals surface area contributed by atoms with Crippen LogP contribution in [0.25, 0.3) is 0 Å². The fourth-order valence-corrected chi connectivity index (χ4v) is 6.08. The molecule has 0 aliphatic heterocycles. The zero-order valence-corrected chi connectivity index (χ0v) is 15.0. The minimum atomic E-state index is 0.533. The van der Waals surface area contributed by atoms with E-state index in [1.165, 1.54) is 43.1 Å². The third-order valence-electron chi connectivity index (χ3n) is 5.34. The van der Waals surface area contributed by atoms with Gasteiger partial charge in [-0.25, -0.2) is 0 Å². The smallest absolute Gasteiger partial charge is 0.0314 e. The Morgan fingerprint density at radius 1 is 1.45 bits per heavy atom. The lowest BCUT2D eigenvalue weighted by Crippen LogP contribution is -2.41. The molecule has 112 valence electrons. The monoisotopic (exact) mass is 355 g/mol. The van der Waals surface area contributed by atoms with Crippen LogP contribution in [-0.2, 0) is 6.42 Å². The van der Waals surface area contributed by atoms with Crippen molar-refractivity contribution in [2.24, 2.45) is 23.2 Å². The van der Waals surface area contributed by atoms with Crippen molar-refractivity contribution in [3.63, 3.8) is 0 Å². The van der Waals surface area contributed by atoms with Crippen LogP contribution in [0.3, 0.4) is 0 Å². The molecule has 0 spiro atoms. The zero-order chi connectivity index (χ0) is 14.2. The minimum absolute atomic E-state index is 0.533. The first-order valence-corrected chi connectivity index (χ1v) is 9.69. The molecule has 1 aromatic heterocycles. The molecular formula is C17H26BrNS. The summed E-state index contributed by atoms with van der Waals surface area (Å²) in [7, 11) is 0. The maximum absolute atomic E-state index is 3.77. The van der Waals surface area contributed by atoms with E-state index in [1.807, 2.05) is 11.3 Å². The van der Waals surface area contributed by atoms with E-state index in [4.69, 9.17) is 0 Å². The summed E-state index contributed by atoms with van der Waals surface area (Å²) in [6.45, 7) is 6.98. The van der Waals surface area contributed by atoms with Gasteiger partial charge in [-0.15, -0.1) is 11.3 Å². The van der Waals surface area contributed by atoms with Crippen LogP contribution in [0.2, 0.25) is 0 Å². The number of hydrogen-bond donors (Lipinski definition) is 1. The topological polar surface area (TPSA) is 12.0 Å². The molecule has 1 aromatic rings. The van der Waals surface area contributed by atoms with Gasteiger partial charge in [0.05, 0.1) is 0 Å². The van der Waals surface area contributed by atoms with E-state index in [-0.39, 0.29) is 0 Å². The summed E-state index contributed by atoms with van der Waals surface area (Å²) in [5.74, 6) is 2.72. The van der Waals surface area contributed by atoms with Crippen LogP contribution in [-0.4, -0.2) is 13.1 Å². The van der Waals surface area contributed by atoms with Crippen LogP contribution < -0.4 is 5.32 Å². The first-order valence-electron chi connectivity index (χ1n) is 8.02. The van der Waals surface area contributed by atoms with Gasteiger partial charge in [-0.3, -0.25) is 0 Å². The van der Waals surface area contributed by atoms with Crippen LogP contribution in [0.5, 0.6) is 0 Å². The highest BCUT2D eigenvalue weighted by molar-refractivity contribution is 9.10. The van der Waals surface area contributed by atoms with E-state index >= 15 is 0 Å². The highest BCUT2D eigenvalue weighted by atomic mass is 79.9. The minimum Gasteiger partial charge on any atom is -0.316 e. The third-order valence-corrected chi connectivity index (χ3v) is 7.26. The second-order valence-electron chi connectivity index (χ2n) is 7.34. The van der Waals surface area contributed by atoms with E-state index in [1.54, 1.807) is 4.88 Å². The molecule has 1 heterocycles. The molecule has 20 heavy (non-hydrogen) atoms. The van der Waals surface area contributed by atoms with Crippen molar-refractivity contribution in [1.82, 2.24) is 5.32 Å². The number of nitrogens with one attached hydrogen (secondary N) is 1.